The fourth-order valence-corrected chi connectivity index (χ4v) is 41.2. The Morgan fingerprint density at radius 2 is 1.19 bits per heavy atom. The van der Waals surface area contributed by atoms with Crippen molar-refractivity contribution >= 4 is 35.1 Å². The summed E-state index contributed by atoms with van der Waals surface area (Å²) in [5, 5.41) is 0. The van der Waals surface area contributed by atoms with Gasteiger partial charge in [-0.3, -0.25) is 0 Å². The summed E-state index contributed by atoms with van der Waals surface area (Å²) >= 11 is -4.82. The summed E-state index contributed by atoms with van der Waals surface area (Å²) in [5.74, 6) is -1.06. The van der Waals surface area contributed by atoms with Crippen LogP contribution in [0, 0.1) is 5.92 Å². The normalized spacial score (nSPS) is 20.7. The second-order valence-electron chi connectivity index (χ2n) is 15.9. The van der Waals surface area contributed by atoms with Crippen LogP contribution in [0.15, 0.2) is 102 Å². The molecule has 4 heteroatoms. The van der Waals surface area contributed by atoms with Gasteiger partial charge >= 0.3 is 294 Å². The van der Waals surface area contributed by atoms with E-state index in [9.17, 15) is 0 Å². The van der Waals surface area contributed by atoms with E-state index in [1.165, 1.54) is 87.7 Å². The predicted molar refractivity (Wildman–Crippen MR) is 207 cm³/mol. The SMILES string of the molecule is CC1=Cc2c(-c3ccccc3)cccc2[CH]1[Zr]([Cl])([Cl])([CH]1C(C2CCCCC2)=Cc2c(-c3ccc(C(C)(C)C)cc3)cccc21)[SiH](C)C. The quantitative estimate of drug-likeness (QED) is 0.172. The van der Waals surface area contributed by atoms with Gasteiger partial charge in [-0.05, 0) is 0 Å². The van der Waals surface area contributed by atoms with Crippen LogP contribution in [-0.2, 0) is 21.0 Å². The van der Waals surface area contributed by atoms with Crippen LogP contribution in [0.25, 0.3) is 34.4 Å². The molecule has 0 spiro atoms. The van der Waals surface area contributed by atoms with Crippen molar-refractivity contribution in [1.82, 2.24) is 0 Å². The van der Waals surface area contributed by atoms with E-state index in [4.69, 9.17) is 17.0 Å². The first-order valence-electron chi connectivity index (χ1n) is 17.8. The molecule has 0 N–H and O–H groups in total. The van der Waals surface area contributed by atoms with Crippen molar-refractivity contribution in [1.29, 1.82) is 0 Å². The Kier molecular flexibility index (Phi) is 8.86. The fourth-order valence-electron chi connectivity index (χ4n) is 9.22. The Labute approximate surface area is 292 Å². The van der Waals surface area contributed by atoms with Crippen molar-refractivity contribution in [2.75, 3.05) is 0 Å². The second kappa shape index (κ2) is 12.4. The van der Waals surface area contributed by atoms with Crippen molar-refractivity contribution in [2.45, 2.75) is 85.6 Å². The number of halogens is 2. The molecule has 0 amide bonds. The Morgan fingerprint density at radius 1 is 0.638 bits per heavy atom. The first kappa shape index (κ1) is 33.5. The Hall–Kier alpha value is -1.96. The average molecular weight is 756 g/mol. The molecule has 7 rings (SSSR count). The van der Waals surface area contributed by atoms with Crippen molar-refractivity contribution < 1.29 is 15.6 Å². The van der Waals surface area contributed by atoms with Gasteiger partial charge in [-0.15, -0.1) is 0 Å². The Balaban J connectivity index is 1.43. The molecule has 0 aromatic heterocycles. The molecule has 4 aromatic rings. The maximum atomic E-state index is 8.73. The van der Waals surface area contributed by atoms with Crippen LogP contribution in [0.1, 0.15) is 94.9 Å². The van der Waals surface area contributed by atoms with Gasteiger partial charge in [0, 0.05) is 0 Å². The molecular formula is C43H49Cl2SiZr. The van der Waals surface area contributed by atoms with Crippen LogP contribution < -0.4 is 0 Å². The third kappa shape index (κ3) is 5.59. The summed E-state index contributed by atoms with van der Waals surface area (Å²) in [4.78, 5) is 0. The maximum absolute atomic E-state index is 8.73. The molecule has 0 heterocycles. The molecule has 2 unspecified atom stereocenters. The predicted octanol–water partition coefficient (Wildman–Crippen LogP) is 13.5. The molecule has 243 valence electrons. The van der Waals surface area contributed by atoms with Gasteiger partial charge in [0.1, 0.15) is 0 Å². The molecule has 3 aliphatic rings. The van der Waals surface area contributed by atoms with Crippen LogP contribution in [0.4, 0.5) is 0 Å². The van der Waals surface area contributed by atoms with E-state index in [1.54, 1.807) is 5.57 Å². The third-order valence-electron chi connectivity index (χ3n) is 11.8. The summed E-state index contributed by atoms with van der Waals surface area (Å²) in [6, 6.07) is 34.0. The first-order chi connectivity index (χ1) is 22.4. The van der Waals surface area contributed by atoms with Crippen LogP contribution in [0.5, 0.6) is 0 Å². The summed E-state index contributed by atoms with van der Waals surface area (Å²) in [5.41, 5.74) is 15.0. The zero-order chi connectivity index (χ0) is 33.2. The van der Waals surface area contributed by atoms with Gasteiger partial charge in [0.25, 0.3) is 0 Å². The number of rotatable bonds is 6. The second-order valence-corrected chi connectivity index (χ2v) is 58.4. The monoisotopic (exact) mass is 753 g/mol. The zero-order valence-electron chi connectivity index (χ0n) is 28.9. The summed E-state index contributed by atoms with van der Waals surface area (Å²) in [6.07, 6.45) is 11.5. The van der Waals surface area contributed by atoms with Gasteiger partial charge in [-0.1, -0.05) is 0 Å². The number of fused-ring (bicyclic) bond motifs is 2. The molecule has 0 bridgehead atoms. The minimum absolute atomic E-state index is 0.114. The molecule has 0 nitrogen and oxygen atoms in total. The van der Waals surface area contributed by atoms with E-state index in [2.05, 4.69) is 144 Å². The Morgan fingerprint density at radius 3 is 1.77 bits per heavy atom. The molecule has 47 heavy (non-hydrogen) atoms. The minimum atomic E-state index is -4.82. The van der Waals surface area contributed by atoms with Gasteiger partial charge in [-0.2, -0.15) is 0 Å². The van der Waals surface area contributed by atoms with Crippen molar-refractivity contribution in [3.63, 3.8) is 0 Å². The molecule has 0 saturated heterocycles. The summed E-state index contributed by atoms with van der Waals surface area (Å²) in [6.45, 7) is 14.1. The van der Waals surface area contributed by atoms with Crippen molar-refractivity contribution in [3.05, 3.63) is 130 Å². The molecule has 3 aliphatic carbocycles. The van der Waals surface area contributed by atoms with Gasteiger partial charge in [0.15, 0.2) is 0 Å². The van der Waals surface area contributed by atoms with Crippen LogP contribution in [0.3, 0.4) is 0 Å². The third-order valence-corrected chi connectivity index (χ3v) is 63.8. The molecule has 2 atom stereocenters. The molecule has 4 aromatic carbocycles. The van der Waals surface area contributed by atoms with Crippen molar-refractivity contribution in [2.24, 2.45) is 5.92 Å². The van der Waals surface area contributed by atoms with E-state index in [0.717, 1.165) is 0 Å². The van der Waals surface area contributed by atoms with Crippen molar-refractivity contribution in [3.8, 4) is 22.3 Å². The van der Waals surface area contributed by atoms with Gasteiger partial charge in [-0.25, -0.2) is 0 Å². The standard InChI is InChI=1S/C25H29.C16H13.C2H7Si.2ClH.Zr/c1-25(2,3)22-14-12-19(13-15-22)23-11-7-10-20-16-21(17-24(20)23)18-8-5-4-6-9-18;1-12-10-14-8-5-9-15(16(14)11-12)13-6-3-2-4-7-13;1-3-2;;;/h7,10-18H,4-6,8-9H2,1-3H3;2-11H,1H3;3H,1-2H3;2*1H;/q;;;;;+2/p-2. The van der Waals surface area contributed by atoms with Gasteiger partial charge in [0.05, 0.1) is 0 Å². The first-order valence-corrected chi connectivity index (χ1v) is 34.1. The number of allylic oxidation sites excluding steroid dienone is 2. The van der Waals surface area contributed by atoms with Crippen LogP contribution in [-0.4, -0.2) is 5.92 Å². The number of benzene rings is 4. The fraction of sp³-hybridized carbons (Fsp3) is 0.349. The molecule has 0 radical (unpaired) electrons. The van der Waals surface area contributed by atoms with Gasteiger partial charge < -0.3 is 0 Å². The average Bonchev–Trinajstić information content (AvgIpc) is 3.64. The van der Waals surface area contributed by atoms with Crippen LogP contribution >= 0.6 is 17.0 Å². The molecular weight excluding hydrogens is 707 g/mol. The van der Waals surface area contributed by atoms with E-state index in [1.807, 2.05) is 0 Å². The van der Waals surface area contributed by atoms with Gasteiger partial charge in [0.2, 0.25) is 0 Å². The summed E-state index contributed by atoms with van der Waals surface area (Å²) in [7, 11) is 17.5. The van der Waals surface area contributed by atoms with Crippen LogP contribution in [0.2, 0.25) is 13.1 Å². The molecule has 0 aliphatic heterocycles. The molecule has 1 saturated carbocycles. The topological polar surface area (TPSA) is 0 Å². The number of hydrogen-bond acceptors (Lipinski definition) is 0. The molecule has 1 fully saturated rings. The van der Waals surface area contributed by atoms with E-state index in [-0.39, 0.29) is 12.7 Å². The van der Waals surface area contributed by atoms with E-state index >= 15 is 0 Å². The van der Waals surface area contributed by atoms with E-state index in [0.29, 0.717) is 5.92 Å². The number of hydrogen-bond donors (Lipinski definition) is 0. The zero-order valence-corrected chi connectivity index (χ0v) is 34.0. The van der Waals surface area contributed by atoms with E-state index < -0.39 is 21.5 Å². The Bertz CT molecular complexity index is 1870. The summed E-state index contributed by atoms with van der Waals surface area (Å²) < 4.78 is 0.251.